The van der Waals surface area contributed by atoms with Gasteiger partial charge in [-0.25, -0.2) is 4.98 Å². The highest BCUT2D eigenvalue weighted by Gasteiger charge is 2.34. The zero-order valence-corrected chi connectivity index (χ0v) is 17.4. The molecule has 10 heteroatoms. The lowest BCUT2D eigenvalue weighted by Crippen LogP contribution is -2.39. The number of thioether (sulfide) groups is 1. The lowest BCUT2D eigenvalue weighted by atomic mass is 10.2. The van der Waals surface area contributed by atoms with Crippen LogP contribution in [0, 0.1) is 0 Å². The summed E-state index contributed by atoms with van der Waals surface area (Å²) >= 11 is 1.81. The number of unbranched alkanes of at least 4 members (excludes halogenated alkanes) is 1. The third-order valence-corrected chi connectivity index (χ3v) is 3.70. The summed E-state index contributed by atoms with van der Waals surface area (Å²) in [5.74, 6) is 1.30. The first-order valence-corrected chi connectivity index (χ1v) is 8.97. The Morgan fingerprint density at radius 2 is 2.00 bits per heavy atom. The number of halogens is 4. The van der Waals surface area contributed by atoms with Gasteiger partial charge in [0.15, 0.2) is 5.96 Å². The van der Waals surface area contributed by atoms with Crippen LogP contribution in [0.1, 0.15) is 18.4 Å². The number of hydrogen-bond donors (Lipinski definition) is 2. The van der Waals surface area contributed by atoms with Crippen LogP contribution < -0.4 is 15.4 Å². The molecule has 25 heavy (non-hydrogen) atoms. The third-order valence-electron chi connectivity index (χ3n) is 3.00. The first-order valence-electron chi connectivity index (χ1n) is 7.57. The highest BCUT2D eigenvalue weighted by molar-refractivity contribution is 14.0. The number of nitrogens with zero attached hydrogens (tertiary/aromatic N) is 2. The molecule has 1 heterocycles. The Kier molecular flexibility index (Phi) is 12.8. The summed E-state index contributed by atoms with van der Waals surface area (Å²) in [7, 11) is 1.64. The molecule has 0 spiro atoms. The average Bonchev–Trinajstić information content (AvgIpc) is 2.56. The second-order valence-corrected chi connectivity index (χ2v) is 5.81. The van der Waals surface area contributed by atoms with E-state index in [1.165, 1.54) is 12.3 Å². The summed E-state index contributed by atoms with van der Waals surface area (Å²) in [5.41, 5.74) is -0.874. The zero-order chi connectivity index (χ0) is 17.8. The lowest BCUT2D eigenvalue weighted by Gasteiger charge is -2.14. The van der Waals surface area contributed by atoms with Crippen molar-refractivity contribution in [2.24, 2.45) is 4.99 Å². The van der Waals surface area contributed by atoms with Gasteiger partial charge in [0, 0.05) is 19.8 Å². The molecule has 144 valence electrons. The summed E-state index contributed by atoms with van der Waals surface area (Å²) in [4.78, 5) is 7.69. The topological polar surface area (TPSA) is 58.5 Å². The third kappa shape index (κ3) is 9.97. The van der Waals surface area contributed by atoms with Crippen LogP contribution in [0.3, 0.4) is 0 Å². The van der Waals surface area contributed by atoms with Crippen molar-refractivity contribution in [1.29, 1.82) is 0 Å². The molecule has 0 radical (unpaired) electrons. The highest BCUT2D eigenvalue weighted by atomic mass is 127. The van der Waals surface area contributed by atoms with Gasteiger partial charge in [0.2, 0.25) is 5.88 Å². The van der Waals surface area contributed by atoms with Crippen LogP contribution in [0.25, 0.3) is 0 Å². The summed E-state index contributed by atoms with van der Waals surface area (Å²) in [6.45, 7) is 1.16. The lowest BCUT2D eigenvalue weighted by molar-refractivity contribution is -0.139. The van der Waals surface area contributed by atoms with Gasteiger partial charge in [-0.2, -0.15) is 24.9 Å². The van der Waals surface area contributed by atoms with Crippen LogP contribution in [0.15, 0.2) is 23.3 Å². The number of hydrogen-bond acceptors (Lipinski definition) is 4. The van der Waals surface area contributed by atoms with E-state index in [0.717, 1.165) is 31.2 Å². The Morgan fingerprint density at radius 1 is 1.28 bits per heavy atom. The second-order valence-electron chi connectivity index (χ2n) is 4.83. The van der Waals surface area contributed by atoms with Gasteiger partial charge >= 0.3 is 6.18 Å². The van der Waals surface area contributed by atoms with Crippen molar-refractivity contribution < 1.29 is 17.9 Å². The average molecular weight is 492 g/mol. The van der Waals surface area contributed by atoms with E-state index in [-0.39, 0.29) is 30.6 Å². The smallest absolute Gasteiger partial charge is 0.421 e. The predicted molar refractivity (Wildman–Crippen MR) is 107 cm³/mol. The number of aliphatic imine (C=N–C) groups is 1. The van der Waals surface area contributed by atoms with E-state index in [2.05, 4.69) is 26.9 Å². The van der Waals surface area contributed by atoms with Crippen LogP contribution >= 0.6 is 35.7 Å². The van der Waals surface area contributed by atoms with Gasteiger partial charge in [-0.05, 0) is 37.0 Å². The van der Waals surface area contributed by atoms with Crippen LogP contribution in [0.4, 0.5) is 13.2 Å². The summed E-state index contributed by atoms with van der Waals surface area (Å²) in [6, 6.07) is 2.18. The number of alkyl halides is 3. The van der Waals surface area contributed by atoms with Gasteiger partial charge in [0.25, 0.3) is 0 Å². The summed E-state index contributed by atoms with van der Waals surface area (Å²) in [6.07, 6.45) is 1.01. The standard InChI is InChI=1S/C15H23F3N4OS.HI/c1-19-14(21-7-3-4-11-24-2)22-9-10-23-13-12(15(16,17)18)6-5-8-20-13;/h5-6,8H,3-4,7,9-11H2,1-2H3,(H2,19,21,22);1H. The molecule has 0 saturated heterocycles. The Balaban J connectivity index is 0.00000576. The van der Waals surface area contributed by atoms with Crippen LogP contribution in [0.2, 0.25) is 0 Å². The molecule has 2 N–H and O–H groups in total. The Morgan fingerprint density at radius 3 is 2.64 bits per heavy atom. The van der Waals surface area contributed by atoms with E-state index in [1.54, 1.807) is 7.05 Å². The van der Waals surface area contributed by atoms with Crippen molar-refractivity contribution in [3.8, 4) is 5.88 Å². The van der Waals surface area contributed by atoms with Crippen LogP contribution in [0.5, 0.6) is 5.88 Å². The minimum atomic E-state index is -4.48. The number of guanidine groups is 1. The fraction of sp³-hybridized carbons (Fsp3) is 0.600. The molecule has 0 aromatic carbocycles. The van der Waals surface area contributed by atoms with Gasteiger partial charge in [0.05, 0.1) is 6.54 Å². The number of aromatic nitrogens is 1. The van der Waals surface area contributed by atoms with E-state index >= 15 is 0 Å². The molecule has 0 aliphatic carbocycles. The van der Waals surface area contributed by atoms with E-state index in [0.29, 0.717) is 12.5 Å². The molecule has 0 unspecified atom stereocenters. The number of nitrogens with one attached hydrogen (secondary N) is 2. The molecule has 0 aliphatic heterocycles. The van der Waals surface area contributed by atoms with Crippen molar-refractivity contribution in [2.75, 3.05) is 38.8 Å². The molecule has 5 nitrogen and oxygen atoms in total. The second kappa shape index (κ2) is 13.3. The van der Waals surface area contributed by atoms with Crippen molar-refractivity contribution in [3.63, 3.8) is 0 Å². The van der Waals surface area contributed by atoms with Gasteiger partial charge in [-0.1, -0.05) is 0 Å². The van der Waals surface area contributed by atoms with E-state index in [9.17, 15) is 13.2 Å². The van der Waals surface area contributed by atoms with Crippen LogP contribution in [-0.4, -0.2) is 49.7 Å². The zero-order valence-electron chi connectivity index (χ0n) is 14.2. The monoisotopic (exact) mass is 492 g/mol. The number of pyridine rings is 1. The normalized spacial score (nSPS) is 11.6. The van der Waals surface area contributed by atoms with E-state index in [1.807, 2.05) is 11.8 Å². The Hall–Kier alpha value is -0.910. The minimum Gasteiger partial charge on any atom is -0.475 e. The largest absolute Gasteiger partial charge is 0.475 e. The summed E-state index contributed by atoms with van der Waals surface area (Å²) < 4.78 is 43.5. The maximum atomic E-state index is 12.8. The molecule has 0 saturated carbocycles. The SMILES string of the molecule is CN=C(NCCCCSC)NCCOc1ncccc1C(F)(F)F.I. The first kappa shape index (κ1) is 24.1. The fourth-order valence-electron chi connectivity index (χ4n) is 1.84. The quantitative estimate of drug-likeness (QED) is 0.240. The molecule has 0 fully saturated rings. The molecule has 0 amide bonds. The summed E-state index contributed by atoms with van der Waals surface area (Å²) in [5, 5.41) is 6.13. The van der Waals surface area contributed by atoms with Crippen molar-refractivity contribution in [2.45, 2.75) is 19.0 Å². The van der Waals surface area contributed by atoms with E-state index < -0.39 is 17.6 Å². The molecule has 1 aromatic rings. The van der Waals surface area contributed by atoms with Gasteiger partial charge < -0.3 is 15.4 Å². The molecule has 0 aliphatic rings. The van der Waals surface area contributed by atoms with Crippen molar-refractivity contribution >= 4 is 41.7 Å². The molecular weight excluding hydrogens is 468 g/mol. The van der Waals surface area contributed by atoms with Crippen LogP contribution in [-0.2, 0) is 6.18 Å². The molecular formula is C15H24F3IN4OS. The maximum absolute atomic E-state index is 12.8. The maximum Gasteiger partial charge on any atom is 0.421 e. The highest BCUT2D eigenvalue weighted by Crippen LogP contribution is 2.34. The van der Waals surface area contributed by atoms with Crippen molar-refractivity contribution in [3.05, 3.63) is 23.9 Å². The van der Waals surface area contributed by atoms with Gasteiger partial charge in [0.1, 0.15) is 12.2 Å². The van der Waals surface area contributed by atoms with E-state index in [4.69, 9.17) is 4.74 Å². The predicted octanol–water partition coefficient (Wildman–Crippen LogP) is 3.41. The number of ether oxygens (including phenoxy) is 1. The molecule has 0 atom stereocenters. The first-order chi connectivity index (χ1) is 11.5. The Labute approximate surface area is 167 Å². The van der Waals surface area contributed by atoms with Gasteiger partial charge in [-0.3, -0.25) is 4.99 Å². The minimum absolute atomic E-state index is 0. The Bertz CT molecular complexity index is 518. The van der Waals surface area contributed by atoms with Crippen molar-refractivity contribution in [1.82, 2.24) is 15.6 Å². The van der Waals surface area contributed by atoms with Gasteiger partial charge in [-0.15, -0.1) is 24.0 Å². The number of rotatable bonds is 9. The fourth-order valence-corrected chi connectivity index (χ4v) is 2.33. The molecule has 1 aromatic heterocycles. The molecule has 0 bridgehead atoms. The molecule has 1 rings (SSSR count).